The molecule has 1 N–H and O–H groups in total. The van der Waals surface area contributed by atoms with E-state index in [0.717, 1.165) is 22.1 Å². The van der Waals surface area contributed by atoms with Crippen molar-refractivity contribution in [2.24, 2.45) is 0 Å². The summed E-state index contributed by atoms with van der Waals surface area (Å²) in [6.45, 7) is 1.81. The van der Waals surface area contributed by atoms with Crippen molar-refractivity contribution in [1.29, 1.82) is 0 Å². The standard InChI is InChI=1S/C21H18N7O2P/c1-31(29,30)13-14-4-6-16(7-5-14)18-11-24-20-21(25-18)28(27-26-20)12-15-9-17-3-2-8-22-19(17)23-10-15/h2-11H,12-13H2,1H3,(H,29,30). The number of hydrogen-bond donors (Lipinski definition) is 1. The van der Waals surface area contributed by atoms with E-state index >= 15 is 0 Å². The van der Waals surface area contributed by atoms with Gasteiger partial charge in [-0.15, -0.1) is 5.10 Å². The summed E-state index contributed by atoms with van der Waals surface area (Å²) in [5.74, 6) is 0. The zero-order chi connectivity index (χ0) is 21.4. The van der Waals surface area contributed by atoms with E-state index in [1.165, 1.54) is 6.66 Å². The van der Waals surface area contributed by atoms with Gasteiger partial charge < -0.3 is 4.89 Å². The summed E-state index contributed by atoms with van der Waals surface area (Å²) in [4.78, 5) is 27.3. The molecule has 9 nitrogen and oxygen atoms in total. The lowest BCUT2D eigenvalue weighted by Crippen LogP contribution is -2.04. The SMILES string of the molecule is CP(=O)(O)Cc1ccc(-c2cnc3nnn(Cc4cnc5ncccc5c4)c3n2)cc1. The third kappa shape index (κ3) is 4.19. The summed E-state index contributed by atoms with van der Waals surface area (Å²) in [5, 5.41) is 9.27. The zero-order valence-electron chi connectivity index (χ0n) is 16.6. The Morgan fingerprint density at radius 1 is 1.00 bits per heavy atom. The number of fused-ring (bicyclic) bond motifs is 2. The smallest absolute Gasteiger partial charge is 0.221 e. The molecule has 1 unspecified atom stereocenters. The van der Waals surface area contributed by atoms with Gasteiger partial charge >= 0.3 is 0 Å². The van der Waals surface area contributed by atoms with Crippen molar-refractivity contribution >= 4 is 29.7 Å². The quantitative estimate of drug-likeness (QED) is 0.421. The summed E-state index contributed by atoms with van der Waals surface area (Å²) in [7, 11) is -3.11. The van der Waals surface area contributed by atoms with E-state index in [1.54, 1.807) is 23.3 Å². The van der Waals surface area contributed by atoms with Crippen molar-refractivity contribution in [2.75, 3.05) is 6.66 Å². The van der Waals surface area contributed by atoms with E-state index in [-0.39, 0.29) is 6.16 Å². The molecule has 0 aliphatic rings. The highest BCUT2D eigenvalue weighted by molar-refractivity contribution is 7.56. The lowest BCUT2D eigenvalue weighted by molar-refractivity contribution is 0.484. The van der Waals surface area contributed by atoms with Crippen LogP contribution in [-0.4, -0.2) is 46.5 Å². The van der Waals surface area contributed by atoms with Crippen LogP contribution in [0.15, 0.2) is 61.1 Å². The second kappa shape index (κ2) is 7.61. The second-order valence-corrected chi connectivity index (χ2v) is 9.87. The first-order valence-electron chi connectivity index (χ1n) is 9.59. The number of hydrogen-bond acceptors (Lipinski definition) is 7. The molecule has 0 spiro atoms. The van der Waals surface area contributed by atoms with Crippen LogP contribution in [0.4, 0.5) is 0 Å². The molecule has 4 heterocycles. The fourth-order valence-corrected chi connectivity index (χ4v) is 4.28. The van der Waals surface area contributed by atoms with E-state index < -0.39 is 7.37 Å². The monoisotopic (exact) mass is 431 g/mol. The third-order valence-corrected chi connectivity index (χ3v) is 5.75. The highest BCUT2D eigenvalue weighted by Gasteiger charge is 2.13. The highest BCUT2D eigenvalue weighted by Crippen LogP contribution is 2.39. The van der Waals surface area contributed by atoms with Gasteiger partial charge in [-0.3, -0.25) is 4.57 Å². The van der Waals surface area contributed by atoms with Gasteiger partial charge in [0.25, 0.3) is 0 Å². The molecule has 0 amide bonds. The molecule has 1 atom stereocenters. The van der Waals surface area contributed by atoms with Gasteiger partial charge in [0, 0.05) is 36.2 Å². The summed E-state index contributed by atoms with van der Waals surface area (Å²) in [6.07, 6.45) is 5.28. The molecule has 154 valence electrons. The minimum Gasteiger partial charge on any atom is -0.344 e. The van der Waals surface area contributed by atoms with Crippen molar-refractivity contribution in [3.63, 3.8) is 0 Å². The van der Waals surface area contributed by atoms with E-state index in [1.807, 2.05) is 42.5 Å². The molecule has 0 saturated carbocycles. The molecule has 0 aliphatic carbocycles. The van der Waals surface area contributed by atoms with Gasteiger partial charge in [-0.1, -0.05) is 29.5 Å². The molecule has 5 rings (SSSR count). The van der Waals surface area contributed by atoms with Crippen molar-refractivity contribution in [2.45, 2.75) is 12.7 Å². The number of pyridine rings is 2. The van der Waals surface area contributed by atoms with Crippen LogP contribution in [-0.2, 0) is 17.3 Å². The Morgan fingerprint density at radius 3 is 2.61 bits per heavy atom. The molecule has 31 heavy (non-hydrogen) atoms. The van der Waals surface area contributed by atoms with Crippen LogP contribution in [0.1, 0.15) is 11.1 Å². The van der Waals surface area contributed by atoms with Gasteiger partial charge in [0.2, 0.25) is 13.0 Å². The maximum atomic E-state index is 11.6. The molecule has 10 heteroatoms. The van der Waals surface area contributed by atoms with Gasteiger partial charge in [-0.05, 0) is 29.3 Å². The average Bonchev–Trinajstić information content (AvgIpc) is 3.15. The average molecular weight is 431 g/mol. The van der Waals surface area contributed by atoms with Crippen molar-refractivity contribution in [1.82, 2.24) is 34.9 Å². The van der Waals surface area contributed by atoms with Crippen molar-refractivity contribution in [3.8, 4) is 11.3 Å². The van der Waals surface area contributed by atoms with Crippen LogP contribution < -0.4 is 0 Å². The summed E-state index contributed by atoms with van der Waals surface area (Å²) >= 11 is 0. The first-order valence-corrected chi connectivity index (χ1v) is 11.9. The van der Waals surface area contributed by atoms with Crippen LogP contribution in [0.2, 0.25) is 0 Å². The maximum Gasteiger partial charge on any atom is 0.221 e. The fourth-order valence-electron chi connectivity index (χ4n) is 3.39. The lowest BCUT2D eigenvalue weighted by Gasteiger charge is -2.07. The minimum absolute atomic E-state index is 0.143. The lowest BCUT2D eigenvalue weighted by atomic mass is 10.1. The molecular formula is C21H18N7O2P. The first-order chi connectivity index (χ1) is 14.9. The fraction of sp³-hybridized carbons (Fsp3) is 0.143. The number of rotatable bonds is 5. The second-order valence-electron chi connectivity index (χ2n) is 7.45. The van der Waals surface area contributed by atoms with Crippen LogP contribution in [0, 0.1) is 0 Å². The van der Waals surface area contributed by atoms with Crippen molar-refractivity contribution in [3.05, 3.63) is 72.2 Å². The van der Waals surface area contributed by atoms with Crippen LogP contribution in [0.5, 0.6) is 0 Å². The zero-order valence-corrected chi connectivity index (χ0v) is 17.5. The molecule has 0 aliphatic heterocycles. The van der Waals surface area contributed by atoms with Gasteiger partial charge in [-0.25, -0.2) is 24.6 Å². The molecule has 5 aromatic rings. The largest absolute Gasteiger partial charge is 0.344 e. The molecule has 0 bridgehead atoms. The highest BCUT2D eigenvalue weighted by atomic mass is 31.2. The number of aromatic nitrogens is 7. The Hall–Kier alpha value is -3.55. The van der Waals surface area contributed by atoms with E-state index in [4.69, 9.17) is 4.98 Å². The Morgan fingerprint density at radius 2 is 1.81 bits per heavy atom. The Kier molecular flexibility index (Phi) is 4.77. The minimum atomic E-state index is -3.11. The Labute approximate surface area is 177 Å². The van der Waals surface area contributed by atoms with Crippen LogP contribution in [0.25, 0.3) is 33.6 Å². The van der Waals surface area contributed by atoms with E-state index in [0.29, 0.717) is 29.2 Å². The third-order valence-electron chi connectivity index (χ3n) is 4.80. The maximum absolute atomic E-state index is 11.6. The van der Waals surface area contributed by atoms with Crippen LogP contribution >= 0.6 is 7.37 Å². The predicted octanol–water partition coefficient (Wildman–Crippen LogP) is 3.28. The molecule has 0 saturated heterocycles. The Balaban J connectivity index is 1.46. The van der Waals surface area contributed by atoms with Gasteiger partial charge in [0.1, 0.15) is 0 Å². The van der Waals surface area contributed by atoms with Gasteiger partial charge in [0.05, 0.1) is 18.4 Å². The van der Waals surface area contributed by atoms with Gasteiger partial charge in [-0.2, -0.15) is 0 Å². The van der Waals surface area contributed by atoms with Crippen molar-refractivity contribution < 1.29 is 9.46 Å². The molecule has 0 radical (unpaired) electrons. The summed E-state index contributed by atoms with van der Waals surface area (Å²) in [6, 6.07) is 13.3. The molecular weight excluding hydrogens is 413 g/mol. The van der Waals surface area contributed by atoms with E-state index in [2.05, 4.69) is 25.3 Å². The Bertz CT molecular complexity index is 1440. The predicted molar refractivity (Wildman–Crippen MR) is 117 cm³/mol. The van der Waals surface area contributed by atoms with Gasteiger partial charge in [0.15, 0.2) is 11.3 Å². The number of benzene rings is 1. The topological polar surface area (TPSA) is 120 Å². The summed E-state index contributed by atoms with van der Waals surface area (Å²) in [5.41, 5.74) is 5.01. The molecule has 0 fully saturated rings. The summed E-state index contributed by atoms with van der Waals surface area (Å²) < 4.78 is 13.3. The molecule has 1 aromatic carbocycles. The normalized spacial score (nSPS) is 13.5. The molecule has 4 aromatic heterocycles. The van der Waals surface area contributed by atoms with Crippen LogP contribution in [0.3, 0.4) is 0 Å². The first kappa shape index (κ1) is 19.4. The number of nitrogens with zero attached hydrogens (tertiary/aromatic N) is 7. The van der Waals surface area contributed by atoms with E-state index in [9.17, 15) is 9.46 Å².